The smallest absolute Gasteiger partial charge is 0.408 e. The molecule has 0 saturated carbocycles. The number of benzene rings is 1. The molecule has 0 spiro atoms. The van der Waals surface area contributed by atoms with Crippen molar-refractivity contribution in [3.05, 3.63) is 29.8 Å². The van der Waals surface area contributed by atoms with E-state index in [0.717, 1.165) is 12.8 Å². The van der Waals surface area contributed by atoms with Gasteiger partial charge in [0.2, 0.25) is 11.8 Å². The Morgan fingerprint density at radius 3 is 2.17 bits per heavy atom. The number of hydrogen-bond donors (Lipinski definition) is 4. The fourth-order valence-corrected chi connectivity index (χ4v) is 3.94. The predicted molar refractivity (Wildman–Crippen MR) is 142 cm³/mol. The summed E-state index contributed by atoms with van der Waals surface area (Å²) in [6, 6.07) is 4.19. The highest BCUT2D eigenvalue weighted by Gasteiger charge is 2.43. The van der Waals surface area contributed by atoms with Crippen molar-refractivity contribution < 1.29 is 24.2 Å². The summed E-state index contributed by atoms with van der Waals surface area (Å²) in [7, 11) is 0. The lowest BCUT2D eigenvalue weighted by Crippen LogP contribution is -2.60. The van der Waals surface area contributed by atoms with Crippen molar-refractivity contribution in [2.75, 3.05) is 5.75 Å². The second-order valence-corrected chi connectivity index (χ2v) is 10.8. The zero-order valence-electron chi connectivity index (χ0n) is 22.3. The van der Waals surface area contributed by atoms with E-state index in [0.29, 0.717) is 12.0 Å². The number of carbonyl (C=O) groups is 3. The normalized spacial score (nSPS) is 14.4. The van der Waals surface area contributed by atoms with Crippen LogP contribution in [0.4, 0.5) is 4.79 Å². The van der Waals surface area contributed by atoms with Crippen molar-refractivity contribution >= 4 is 30.5 Å². The number of nitrogens with one attached hydrogen (secondary N) is 2. The van der Waals surface area contributed by atoms with Crippen molar-refractivity contribution in [2.24, 2.45) is 0 Å². The Morgan fingerprint density at radius 1 is 1.09 bits per heavy atom. The first-order valence-electron chi connectivity index (χ1n) is 12.2. The molecule has 0 aliphatic heterocycles. The average Bonchev–Trinajstić information content (AvgIpc) is 2.74. The molecular weight excluding hydrogens is 466 g/mol. The number of nitrogens with zero attached hydrogens (tertiary/aromatic N) is 1. The highest BCUT2D eigenvalue weighted by Crippen LogP contribution is 2.36. The lowest BCUT2D eigenvalue weighted by atomic mass is 9.91. The Kier molecular flexibility index (Phi) is 11.4. The number of phenolic OH excluding ortho intramolecular Hbond substituents is 1. The van der Waals surface area contributed by atoms with Crippen LogP contribution in [-0.4, -0.2) is 56.9 Å². The van der Waals surface area contributed by atoms with Crippen LogP contribution in [0, 0.1) is 0 Å². The Morgan fingerprint density at radius 2 is 1.69 bits per heavy atom. The second kappa shape index (κ2) is 13.0. The summed E-state index contributed by atoms with van der Waals surface area (Å²) in [6.07, 6.45) is 1.42. The van der Waals surface area contributed by atoms with Gasteiger partial charge < -0.3 is 25.4 Å². The molecule has 1 rings (SSSR count). The van der Waals surface area contributed by atoms with Crippen molar-refractivity contribution in [1.82, 2.24) is 15.5 Å². The third-order valence-corrected chi connectivity index (χ3v) is 6.14. The topological polar surface area (TPSA) is 108 Å². The van der Waals surface area contributed by atoms with Gasteiger partial charge in [0.05, 0.1) is 0 Å². The molecule has 0 fully saturated rings. The number of hydrogen-bond acceptors (Lipinski definition) is 6. The van der Waals surface area contributed by atoms with E-state index < -0.39 is 41.1 Å². The molecule has 3 N–H and O–H groups in total. The number of alkyl carbamates (subject to hydrolysis) is 1. The number of para-hydroxylation sites is 1. The largest absolute Gasteiger partial charge is 0.508 e. The van der Waals surface area contributed by atoms with Crippen molar-refractivity contribution in [3.8, 4) is 5.75 Å². The number of aromatic hydroxyl groups is 1. The molecule has 0 radical (unpaired) electrons. The Labute approximate surface area is 215 Å². The Balaban J connectivity index is 3.56. The molecule has 0 aromatic heterocycles. The van der Waals surface area contributed by atoms with Crippen LogP contribution in [0.3, 0.4) is 0 Å². The Bertz CT molecular complexity index is 869. The molecule has 3 unspecified atom stereocenters. The summed E-state index contributed by atoms with van der Waals surface area (Å²) < 4.78 is 5.33. The SMILES string of the molecule is CCCC(C)NC(=O)C(c1ccccc1O)N(C(=O)C(CS)NC(=O)OC(C)(C)C)C(C)(C)CC. The summed E-state index contributed by atoms with van der Waals surface area (Å²) in [5, 5.41) is 16.3. The summed E-state index contributed by atoms with van der Waals surface area (Å²) in [6.45, 7) is 14.7. The van der Waals surface area contributed by atoms with Gasteiger partial charge in [-0.1, -0.05) is 38.5 Å². The molecule has 198 valence electrons. The first-order valence-corrected chi connectivity index (χ1v) is 12.8. The molecule has 0 bridgehead atoms. The van der Waals surface area contributed by atoms with Gasteiger partial charge in [-0.05, 0) is 60.5 Å². The number of ether oxygens (including phenoxy) is 1. The van der Waals surface area contributed by atoms with Gasteiger partial charge >= 0.3 is 6.09 Å². The molecular formula is C26H43N3O5S. The van der Waals surface area contributed by atoms with Crippen LogP contribution in [0.1, 0.15) is 86.3 Å². The van der Waals surface area contributed by atoms with E-state index in [-0.39, 0.29) is 17.5 Å². The van der Waals surface area contributed by atoms with Crippen LogP contribution in [-0.2, 0) is 14.3 Å². The van der Waals surface area contributed by atoms with E-state index in [1.165, 1.54) is 11.0 Å². The van der Waals surface area contributed by atoms with Crippen LogP contribution in [0.2, 0.25) is 0 Å². The molecule has 35 heavy (non-hydrogen) atoms. The van der Waals surface area contributed by atoms with Gasteiger partial charge in [0.15, 0.2) is 0 Å². The average molecular weight is 510 g/mol. The monoisotopic (exact) mass is 509 g/mol. The molecule has 9 heteroatoms. The zero-order chi connectivity index (χ0) is 27.0. The maximum Gasteiger partial charge on any atom is 0.408 e. The molecule has 0 aliphatic rings. The van der Waals surface area contributed by atoms with Crippen molar-refractivity contribution in [3.63, 3.8) is 0 Å². The van der Waals surface area contributed by atoms with Crippen LogP contribution < -0.4 is 10.6 Å². The van der Waals surface area contributed by atoms with Crippen molar-refractivity contribution in [1.29, 1.82) is 0 Å². The maximum absolute atomic E-state index is 14.0. The summed E-state index contributed by atoms with van der Waals surface area (Å²) in [5.41, 5.74) is -1.24. The molecule has 3 atom stereocenters. The minimum atomic E-state index is -1.12. The van der Waals surface area contributed by atoms with Gasteiger partial charge in [-0.2, -0.15) is 12.6 Å². The summed E-state index contributed by atoms with van der Waals surface area (Å²) in [5.74, 6) is -1.000. The highest BCUT2D eigenvalue weighted by molar-refractivity contribution is 7.80. The van der Waals surface area contributed by atoms with Crippen LogP contribution in [0.25, 0.3) is 0 Å². The zero-order valence-corrected chi connectivity index (χ0v) is 23.2. The number of amides is 3. The quantitative estimate of drug-likeness (QED) is 0.327. The third-order valence-electron chi connectivity index (χ3n) is 5.77. The number of rotatable bonds is 11. The fraction of sp³-hybridized carbons (Fsp3) is 0.654. The van der Waals surface area contributed by atoms with Crippen molar-refractivity contribution in [2.45, 2.75) is 104 Å². The molecule has 1 aromatic carbocycles. The molecule has 8 nitrogen and oxygen atoms in total. The van der Waals surface area contributed by atoms with E-state index in [2.05, 4.69) is 23.3 Å². The fourth-order valence-electron chi connectivity index (χ4n) is 3.69. The number of thiol groups is 1. The van der Waals surface area contributed by atoms with E-state index in [9.17, 15) is 19.5 Å². The molecule has 3 amide bonds. The molecule has 0 aliphatic carbocycles. The molecule has 0 heterocycles. The summed E-state index contributed by atoms with van der Waals surface area (Å²) >= 11 is 4.30. The first-order chi connectivity index (χ1) is 16.2. The second-order valence-electron chi connectivity index (χ2n) is 10.4. The minimum Gasteiger partial charge on any atom is -0.508 e. The van der Waals surface area contributed by atoms with E-state index in [4.69, 9.17) is 4.74 Å². The molecule has 0 saturated heterocycles. The standard InChI is InChI=1S/C26H43N3O5S/c1-9-13-17(3)27-22(31)21(18-14-11-12-15-20(18)30)29(26(7,8)10-2)23(32)19(16-35)28-24(33)34-25(4,5)6/h11-12,14-15,17,19,21,30,35H,9-10,13,16H2,1-8H3,(H,27,31)(H,28,33). The number of carbonyl (C=O) groups excluding carboxylic acids is 3. The Hall–Kier alpha value is -2.42. The van der Waals surface area contributed by atoms with Gasteiger partial charge in [-0.3, -0.25) is 9.59 Å². The lowest BCUT2D eigenvalue weighted by Gasteiger charge is -2.44. The van der Waals surface area contributed by atoms with Gasteiger partial charge in [-0.15, -0.1) is 0 Å². The van der Waals surface area contributed by atoms with Gasteiger partial charge in [-0.25, -0.2) is 4.79 Å². The van der Waals surface area contributed by atoms with E-state index in [1.807, 2.05) is 34.6 Å². The lowest BCUT2D eigenvalue weighted by molar-refractivity contribution is -0.149. The summed E-state index contributed by atoms with van der Waals surface area (Å²) in [4.78, 5) is 41.5. The number of phenols is 1. The van der Waals surface area contributed by atoms with E-state index >= 15 is 0 Å². The van der Waals surface area contributed by atoms with Gasteiger partial charge in [0.25, 0.3) is 0 Å². The van der Waals surface area contributed by atoms with E-state index in [1.54, 1.807) is 39.0 Å². The van der Waals surface area contributed by atoms with Crippen LogP contribution in [0.5, 0.6) is 5.75 Å². The minimum absolute atomic E-state index is 0.00425. The molecule has 1 aromatic rings. The first kappa shape index (κ1) is 30.6. The maximum atomic E-state index is 14.0. The predicted octanol–water partition coefficient (Wildman–Crippen LogP) is 4.58. The third kappa shape index (κ3) is 8.94. The van der Waals surface area contributed by atoms with Gasteiger partial charge in [0, 0.05) is 22.9 Å². The highest BCUT2D eigenvalue weighted by atomic mass is 32.1. The van der Waals surface area contributed by atoms with Gasteiger partial charge in [0.1, 0.15) is 23.4 Å². The van der Waals surface area contributed by atoms with Crippen LogP contribution >= 0.6 is 12.6 Å². The van der Waals surface area contributed by atoms with Crippen LogP contribution in [0.15, 0.2) is 24.3 Å².